The van der Waals surface area contributed by atoms with Gasteiger partial charge >= 0.3 is 0 Å². The minimum atomic E-state index is -0.222. The molecular formula is C48H58N2O6S4. The van der Waals surface area contributed by atoms with Gasteiger partial charge in [-0.2, -0.15) is 0 Å². The number of hydrogen-bond donors (Lipinski definition) is 2. The standard InChI is InChI=1S/C48H58N2O6S4/c1-45(2,3)27-17-31-41-33(19-27)59-37-23-30(48(10,11)12)22-36-44(37)56-26-40(52)50-14-16-54-42-32(58-36)18-28(46(4,5)6)20-34(42)60-38-24-29(47(7,8)9)21-35(57-31)43(38)55-25-39(51)49-13-15-53-41/h17-24H,13-16,25-26H2,1-12H3,(H,49,51)(H,50,52). The van der Waals surface area contributed by atoms with Crippen molar-refractivity contribution in [1.29, 1.82) is 0 Å². The molecule has 0 spiro atoms. The number of ether oxygens (including phenoxy) is 4. The van der Waals surface area contributed by atoms with Gasteiger partial charge in [-0.15, -0.1) is 0 Å². The summed E-state index contributed by atoms with van der Waals surface area (Å²) in [7, 11) is 0. The number of carbonyl (C=O) groups excluding carboxylic acids is 2. The summed E-state index contributed by atoms with van der Waals surface area (Å²) in [6, 6.07) is 17.7. The molecule has 12 heteroatoms. The van der Waals surface area contributed by atoms with Crippen molar-refractivity contribution in [1.82, 2.24) is 10.6 Å². The van der Waals surface area contributed by atoms with Crippen molar-refractivity contribution < 1.29 is 28.5 Å². The molecule has 0 fully saturated rings. The third kappa shape index (κ3) is 10.0. The molecule has 0 radical (unpaired) electrons. The van der Waals surface area contributed by atoms with E-state index in [0.717, 1.165) is 61.4 Å². The van der Waals surface area contributed by atoms with Gasteiger partial charge in [-0.05, 0) is 92.4 Å². The van der Waals surface area contributed by atoms with Gasteiger partial charge in [0.1, 0.15) is 36.2 Å². The third-order valence-electron chi connectivity index (χ3n) is 10.5. The average molecular weight is 887 g/mol. The molecule has 4 aromatic carbocycles. The lowest BCUT2D eigenvalue weighted by molar-refractivity contribution is -0.124. The van der Waals surface area contributed by atoms with Crippen LogP contribution in [0.5, 0.6) is 23.0 Å². The van der Waals surface area contributed by atoms with E-state index in [0.29, 0.717) is 36.1 Å². The number of benzene rings is 4. The van der Waals surface area contributed by atoms with Crippen molar-refractivity contribution in [3.05, 3.63) is 70.8 Å². The van der Waals surface area contributed by atoms with Crippen LogP contribution in [-0.4, -0.2) is 51.3 Å². The van der Waals surface area contributed by atoms with Gasteiger partial charge in [0, 0.05) is 0 Å². The van der Waals surface area contributed by atoms with Gasteiger partial charge in [0.25, 0.3) is 11.8 Å². The lowest BCUT2D eigenvalue weighted by Crippen LogP contribution is -2.32. The van der Waals surface area contributed by atoms with Crippen LogP contribution < -0.4 is 29.6 Å². The van der Waals surface area contributed by atoms with Gasteiger partial charge in [0.2, 0.25) is 0 Å². The molecule has 3 heterocycles. The first-order valence-corrected chi connectivity index (χ1v) is 23.8. The molecule has 2 N–H and O–H groups in total. The summed E-state index contributed by atoms with van der Waals surface area (Å²) >= 11 is 6.39. The molecule has 7 rings (SSSR count). The van der Waals surface area contributed by atoms with Crippen molar-refractivity contribution >= 4 is 58.9 Å². The van der Waals surface area contributed by atoms with Crippen LogP contribution in [0.3, 0.4) is 0 Å². The molecular weight excluding hydrogens is 829 g/mol. The van der Waals surface area contributed by atoms with Gasteiger partial charge < -0.3 is 29.6 Å². The fourth-order valence-electron chi connectivity index (χ4n) is 6.75. The Kier molecular flexibility index (Phi) is 12.6. The van der Waals surface area contributed by atoms with Crippen LogP contribution in [0.15, 0.2) is 87.7 Å². The Morgan fingerprint density at radius 1 is 0.383 bits per heavy atom. The Labute approximate surface area is 373 Å². The second-order valence-electron chi connectivity index (χ2n) is 19.6. The fraction of sp³-hybridized carbons (Fsp3) is 0.458. The predicted octanol–water partition coefficient (Wildman–Crippen LogP) is 11.6. The van der Waals surface area contributed by atoms with Gasteiger partial charge in [-0.1, -0.05) is 130 Å². The lowest BCUT2D eigenvalue weighted by Gasteiger charge is -2.29. The van der Waals surface area contributed by atoms with Gasteiger partial charge in [0.15, 0.2) is 13.2 Å². The van der Waals surface area contributed by atoms with Gasteiger partial charge in [-0.25, -0.2) is 0 Å². The molecule has 0 saturated heterocycles. The molecule has 8 nitrogen and oxygen atoms in total. The van der Waals surface area contributed by atoms with Gasteiger partial charge in [0.05, 0.1) is 52.3 Å². The maximum atomic E-state index is 13.4. The monoisotopic (exact) mass is 886 g/mol. The molecule has 320 valence electrons. The summed E-state index contributed by atoms with van der Waals surface area (Å²) in [6.07, 6.45) is 0. The van der Waals surface area contributed by atoms with E-state index >= 15 is 0 Å². The van der Waals surface area contributed by atoms with E-state index in [-0.39, 0.29) is 59.9 Å². The molecule has 3 aliphatic rings. The van der Waals surface area contributed by atoms with Crippen molar-refractivity contribution in [3.63, 3.8) is 0 Å². The van der Waals surface area contributed by atoms with E-state index in [1.807, 2.05) is 0 Å². The molecule has 2 amide bonds. The highest BCUT2D eigenvalue weighted by atomic mass is 32.2. The number of carbonyl (C=O) groups is 2. The maximum absolute atomic E-state index is 13.4. The SMILES string of the molecule is CC(C)(C)c1cc2c3c(c1)Sc1cc(C(C)(C)C)cc4c1OCC(=O)NCCOc1c(cc(C(C)(C)C)cc1S4)Sc1cc(C(C)(C)C)cc(c1OCC(=O)NCCO3)S2. The number of nitrogens with one attached hydrogen (secondary N) is 2. The van der Waals surface area contributed by atoms with Crippen molar-refractivity contribution in [2.24, 2.45) is 0 Å². The van der Waals surface area contributed by atoms with E-state index in [1.54, 1.807) is 47.0 Å². The van der Waals surface area contributed by atoms with E-state index < -0.39 is 0 Å². The summed E-state index contributed by atoms with van der Waals surface area (Å²) in [5.74, 6) is 2.23. The zero-order valence-corrected chi connectivity index (χ0v) is 40.2. The normalized spacial score (nSPS) is 16.5. The Balaban J connectivity index is 1.65. The summed E-state index contributed by atoms with van der Waals surface area (Å²) in [5, 5.41) is 6.03. The van der Waals surface area contributed by atoms with Crippen LogP contribution in [0.4, 0.5) is 0 Å². The largest absolute Gasteiger partial charge is 0.489 e. The third-order valence-corrected chi connectivity index (χ3v) is 14.6. The molecule has 0 atom stereocenters. The Hall–Kier alpha value is -3.58. The Morgan fingerprint density at radius 3 is 0.817 bits per heavy atom. The van der Waals surface area contributed by atoms with E-state index in [1.165, 1.54) is 0 Å². The first-order chi connectivity index (χ1) is 28.0. The van der Waals surface area contributed by atoms with E-state index in [4.69, 9.17) is 18.9 Å². The quantitative estimate of drug-likeness (QED) is 0.157. The summed E-state index contributed by atoms with van der Waals surface area (Å²) in [5.41, 5.74) is 3.68. The van der Waals surface area contributed by atoms with E-state index in [9.17, 15) is 9.59 Å². The highest BCUT2D eigenvalue weighted by Gasteiger charge is 2.31. The minimum absolute atomic E-state index is 0.147. The zero-order chi connectivity index (χ0) is 43.4. The first kappa shape index (κ1) is 44.5. The van der Waals surface area contributed by atoms with Crippen molar-refractivity contribution in [2.45, 2.75) is 144 Å². The Bertz CT molecular complexity index is 2170. The second kappa shape index (κ2) is 16.9. The highest BCUT2D eigenvalue weighted by molar-refractivity contribution is 8.01. The fourth-order valence-corrected chi connectivity index (χ4v) is 11.5. The molecule has 60 heavy (non-hydrogen) atoms. The molecule has 0 unspecified atom stereocenters. The minimum Gasteiger partial charge on any atom is -0.489 e. The second-order valence-corrected chi connectivity index (χ2v) is 23.9. The number of rotatable bonds is 0. The molecule has 4 aromatic rings. The molecule has 0 saturated carbocycles. The van der Waals surface area contributed by atoms with E-state index in [2.05, 4.69) is 142 Å². The van der Waals surface area contributed by atoms with Crippen molar-refractivity contribution in [2.75, 3.05) is 39.5 Å². The average Bonchev–Trinajstić information content (AvgIpc) is 3.12. The maximum Gasteiger partial charge on any atom is 0.258 e. The summed E-state index contributed by atoms with van der Waals surface area (Å²) in [4.78, 5) is 33.9. The number of amides is 2. The Morgan fingerprint density at radius 2 is 0.600 bits per heavy atom. The lowest BCUT2D eigenvalue weighted by atomic mass is 9.87. The van der Waals surface area contributed by atoms with Crippen LogP contribution in [0.25, 0.3) is 0 Å². The molecule has 3 aliphatic heterocycles. The van der Waals surface area contributed by atoms with Crippen LogP contribution in [0, 0.1) is 0 Å². The predicted molar refractivity (Wildman–Crippen MR) is 245 cm³/mol. The van der Waals surface area contributed by atoms with Crippen LogP contribution >= 0.6 is 47.0 Å². The zero-order valence-electron chi connectivity index (χ0n) is 36.9. The topological polar surface area (TPSA) is 95.1 Å². The van der Waals surface area contributed by atoms with Crippen LogP contribution in [0.2, 0.25) is 0 Å². The van der Waals surface area contributed by atoms with Gasteiger partial charge in [-0.3, -0.25) is 9.59 Å². The first-order valence-electron chi connectivity index (χ1n) is 20.5. The molecule has 0 aromatic heterocycles. The summed E-state index contributed by atoms with van der Waals surface area (Å²) < 4.78 is 26.9. The molecule has 0 aliphatic carbocycles. The highest BCUT2D eigenvalue weighted by Crippen LogP contribution is 2.56. The number of hydrogen-bond acceptors (Lipinski definition) is 10. The van der Waals surface area contributed by atoms with Crippen LogP contribution in [0.1, 0.15) is 105 Å². The summed E-state index contributed by atoms with van der Waals surface area (Å²) in [6.45, 7) is 27.5. The smallest absolute Gasteiger partial charge is 0.258 e. The van der Waals surface area contributed by atoms with Crippen LogP contribution in [-0.2, 0) is 31.2 Å². The van der Waals surface area contributed by atoms with Crippen molar-refractivity contribution in [3.8, 4) is 23.0 Å². The molecule has 12 bridgehead atoms.